The Morgan fingerprint density at radius 1 is 1.12 bits per heavy atom. The molecule has 2 heterocycles. The van der Waals surface area contributed by atoms with Crippen molar-refractivity contribution in [2.75, 3.05) is 0 Å². The van der Waals surface area contributed by atoms with Gasteiger partial charge < -0.3 is 20.0 Å². The van der Waals surface area contributed by atoms with Crippen LogP contribution in [0, 0.1) is 0 Å². The number of nitrogens with zero attached hydrogens (tertiary/aromatic N) is 1. The van der Waals surface area contributed by atoms with Crippen LogP contribution in [0.25, 0.3) is 22.2 Å². The van der Waals surface area contributed by atoms with Crippen molar-refractivity contribution < 1.29 is 9.90 Å². The van der Waals surface area contributed by atoms with Crippen molar-refractivity contribution in [2.45, 2.75) is 32.9 Å². The lowest BCUT2D eigenvalue weighted by Gasteiger charge is -2.14. The van der Waals surface area contributed by atoms with Gasteiger partial charge in [-0.25, -0.2) is 4.79 Å². The van der Waals surface area contributed by atoms with Crippen LogP contribution in [0.3, 0.4) is 0 Å². The van der Waals surface area contributed by atoms with Gasteiger partial charge in [0.15, 0.2) is 0 Å². The molecule has 2 aromatic heterocycles. The summed E-state index contributed by atoms with van der Waals surface area (Å²) in [6.45, 7) is 4.82. The second-order valence-electron chi connectivity index (χ2n) is 8.05. The molecule has 0 aliphatic carbocycles. The van der Waals surface area contributed by atoms with Gasteiger partial charge >= 0.3 is 5.97 Å². The fourth-order valence-corrected chi connectivity index (χ4v) is 4.12. The molecule has 0 radical (unpaired) electrons. The maximum absolute atomic E-state index is 12.3. The SMILES string of the molecule is CCc1cc(C(=O)O)c(=O)[nH]c1-c1ccc2c(c1)cc(CNC(C)c1ccccc1)n2C. The highest BCUT2D eigenvalue weighted by Gasteiger charge is 2.15. The number of carboxylic acids is 1. The molecule has 0 saturated heterocycles. The van der Waals surface area contributed by atoms with E-state index in [2.05, 4.69) is 40.0 Å². The van der Waals surface area contributed by atoms with Crippen LogP contribution in [0.2, 0.25) is 0 Å². The van der Waals surface area contributed by atoms with E-state index in [9.17, 15) is 14.7 Å². The summed E-state index contributed by atoms with van der Waals surface area (Å²) in [5.41, 5.74) is 5.03. The normalized spacial score (nSPS) is 12.2. The summed E-state index contributed by atoms with van der Waals surface area (Å²) >= 11 is 0. The highest BCUT2D eigenvalue weighted by molar-refractivity contribution is 5.89. The van der Waals surface area contributed by atoms with E-state index in [1.165, 1.54) is 11.6 Å². The average molecular weight is 430 g/mol. The summed E-state index contributed by atoms with van der Waals surface area (Å²) < 4.78 is 2.17. The fourth-order valence-electron chi connectivity index (χ4n) is 4.12. The average Bonchev–Trinajstić information content (AvgIpc) is 3.12. The standard InChI is InChI=1S/C26H27N3O3/c1-4-17-14-22(26(31)32)25(30)28-24(17)19-10-11-23-20(12-19)13-21(29(23)3)15-27-16(2)18-8-6-5-7-9-18/h5-14,16,27H,4,15H2,1-3H3,(H,28,30)(H,31,32). The first-order chi connectivity index (χ1) is 15.4. The monoisotopic (exact) mass is 429 g/mol. The van der Waals surface area contributed by atoms with Crippen LogP contribution in [0.5, 0.6) is 0 Å². The summed E-state index contributed by atoms with van der Waals surface area (Å²) in [7, 11) is 2.05. The van der Waals surface area contributed by atoms with E-state index in [4.69, 9.17) is 0 Å². The summed E-state index contributed by atoms with van der Waals surface area (Å²) in [4.78, 5) is 26.4. The molecule has 0 bridgehead atoms. The molecule has 0 amide bonds. The number of hydrogen-bond donors (Lipinski definition) is 3. The van der Waals surface area contributed by atoms with E-state index < -0.39 is 11.5 Å². The topological polar surface area (TPSA) is 87.1 Å². The molecule has 6 nitrogen and oxygen atoms in total. The van der Waals surface area contributed by atoms with Crippen LogP contribution in [0.4, 0.5) is 0 Å². The summed E-state index contributed by atoms with van der Waals surface area (Å²) in [6, 6.07) is 20.3. The number of aromatic nitrogens is 2. The second kappa shape index (κ2) is 8.85. The lowest BCUT2D eigenvalue weighted by Crippen LogP contribution is -2.19. The molecule has 0 saturated carbocycles. The molecule has 4 aromatic rings. The first-order valence-corrected chi connectivity index (χ1v) is 10.8. The molecule has 6 heteroatoms. The van der Waals surface area contributed by atoms with Gasteiger partial charge in [-0.3, -0.25) is 4.79 Å². The predicted molar refractivity (Wildman–Crippen MR) is 127 cm³/mol. The minimum Gasteiger partial charge on any atom is -0.477 e. The third kappa shape index (κ3) is 4.09. The number of carbonyl (C=O) groups is 1. The van der Waals surface area contributed by atoms with E-state index in [-0.39, 0.29) is 11.6 Å². The van der Waals surface area contributed by atoms with Gasteiger partial charge in [-0.1, -0.05) is 43.3 Å². The third-order valence-corrected chi connectivity index (χ3v) is 6.05. The van der Waals surface area contributed by atoms with Crippen LogP contribution in [-0.4, -0.2) is 20.6 Å². The van der Waals surface area contributed by atoms with Gasteiger partial charge in [0, 0.05) is 36.2 Å². The number of hydrogen-bond acceptors (Lipinski definition) is 3. The van der Waals surface area contributed by atoms with Crippen molar-refractivity contribution >= 4 is 16.9 Å². The maximum atomic E-state index is 12.3. The largest absolute Gasteiger partial charge is 0.477 e. The quantitative estimate of drug-likeness (QED) is 0.399. The van der Waals surface area contributed by atoms with Crippen molar-refractivity contribution in [3.63, 3.8) is 0 Å². The minimum atomic E-state index is -1.21. The summed E-state index contributed by atoms with van der Waals surface area (Å²) in [5, 5.41) is 13.9. The molecule has 0 aliphatic rings. The Morgan fingerprint density at radius 2 is 1.88 bits per heavy atom. The van der Waals surface area contributed by atoms with Crippen molar-refractivity contribution in [1.82, 2.24) is 14.9 Å². The Kier molecular flexibility index (Phi) is 5.97. The number of benzene rings is 2. The van der Waals surface area contributed by atoms with Crippen molar-refractivity contribution in [1.29, 1.82) is 0 Å². The van der Waals surface area contributed by atoms with Gasteiger partial charge in [0.05, 0.1) is 5.69 Å². The summed E-state index contributed by atoms with van der Waals surface area (Å²) in [6.07, 6.45) is 0.617. The molecule has 1 unspecified atom stereocenters. The molecular formula is C26H27N3O3. The Hall–Kier alpha value is -3.64. The van der Waals surface area contributed by atoms with Crippen molar-refractivity contribution in [2.24, 2.45) is 7.05 Å². The number of carboxylic acid groups (broad SMARTS) is 1. The Labute approximate surface area is 186 Å². The van der Waals surface area contributed by atoms with E-state index in [1.807, 2.05) is 50.4 Å². The molecule has 0 aliphatic heterocycles. The lowest BCUT2D eigenvalue weighted by atomic mass is 10.0. The predicted octanol–water partition coefficient (Wildman–Crippen LogP) is 4.65. The highest BCUT2D eigenvalue weighted by Crippen LogP contribution is 2.28. The number of aromatic amines is 1. The Morgan fingerprint density at radius 3 is 2.56 bits per heavy atom. The number of fused-ring (bicyclic) bond motifs is 1. The van der Waals surface area contributed by atoms with Crippen LogP contribution in [-0.2, 0) is 20.0 Å². The smallest absolute Gasteiger partial charge is 0.341 e. The molecule has 1 atom stereocenters. The number of nitrogens with one attached hydrogen (secondary N) is 2. The number of rotatable bonds is 7. The second-order valence-corrected chi connectivity index (χ2v) is 8.05. The number of aryl methyl sites for hydroxylation is 2. The fraction of sp³-hybridized carbons (Fsp3) is 0.231. The van der Waals surface area contributed by atoms with E-state index in [0.717, 1.165) is 34.3 Å². The van der Waals surface area contributed by atoms with Crippen LogP contribution < -0.4 is 10.9 Å². The van der Waals surface area contributed by atoms with Crippen molar-refractivity contribution in [3.05, 3.63) is 93.4 Å². The summed E-state index contributed by atoms with van der Waals surface area (Å²) in [5.74, 6) is -1.21. The molecule has 0 spiro atoms. The van der Waals surface area contributed by atoms with Crippen LogP contribution in [0.1, 0.15) is 47.1 Å². The van der Waals surface area contributed by atoms with Gasteiger partial charge in [-0.15, -0.1) is 0 Å². The molecule has 32 heavy (non-hydrogen) atoms. The lowest BCUT2D eigenvalue weighted by molar-refractivity contribution is 0.0695. The van der Waals surface area contributed by atoms with E-state index in [1.54, 1.807) is 0 Å². The van der Waals surface area contributed by atoms with Gasteiger partial charge in [0.2, 0.25) is 0 Å². The van der Waals surface area contributed by atoms with E-state index in [0.29, 0.717) is 12.1 Å². The van der Waals surface area contributed by atoms with Gasteiger partial charge in [-0.2, -0.15) is 0 Å². The zero-order valence-corrected chi connectivity index (χ0v) is 18.5. The number of H-pyrrole nitrogens is 1. The Bertz CT molecular complexity index is 1340. The van der Waals surface area contributed by atoms with Crippen molar-refractivity contribution in [3.8, 4) is 11.3 Å². The minimum absolute atomic E-state index is 0.229. The Balaban J connectivity index is 1.65. The molecule has 164 valence electrons. The molecule has 2 aromatic carbocycles. The number of pyridine rings is 1. The van der Waals surface area contributed by atoms with Crippen LogP contribution >= 0.6 is 0 Å². The van der Waals surface area contributed by atoms with Gasteiger partial charge in [0.1, 0.15) is 5.56 Å². The first kappa shape index (κ1) is 21.6. The zero-order chi connectivity index (χ0) is 22.8. The molecule has 4 rings (SSSR count). The number of aromatic carboxylic acids is 1. The molecular weight excluding hydrogens is 402 g/mol. The highest BCUT2D eigenvalue weighted by atomic mass is 16.4. The molecule has 3 N–H and O–H groups in total. The van der Waals surface area contributed by atoms with Gasteiger partial charge in [-0.05, 0) is 54.3 Å². The van der Waals surface area contributed by atoms with E-state index >= 15 is 0 Å². The zero-order valence-electron chi connectivity index (χ0n) is 18.5. The molecule has 0 fully saturated rings. The van der Waals surface area contributed by atoms with Crippen LogP contribution in [0.15, 0.2) is 65.5 Å². The third-order valence-electron chi connectivity index (χ3n) is 6.05. The van der Waals surface area contributed by atoms with Gasteiger partial charge in [0.25, 0.3) is 5.56 Å². The first-order valence-electron chi connectivity index (χ1n) is 10.8. The maximum Gasteiger partial charge on any atom is 0.341 e.